The third-order valence-corrected chi connectivity index (χ3v) is 21.0. The second-order valence-corrected chi connectivity index (χ2v) is 23.3. The van der Waals surface area contributed by atoms with Gasteiger partial charge in [0, 0.05) is 34.8 Å². The Morgan fingerprint density at radius 1 is 0.386 bits per heavy atom. The van der Waals surface area contributed by atoms with Crippen LogP contribution in [0.3, 0.4) is 0 Å². The van der Waals surface area contributed by atoms with E-state index in [-0.39, 0.29) is 15.2 Å². The monoisotopic (exact) mass is 814 g/mol. The molecule has 10 rings (SSSR count). The number of hydrogen-bond acceptors (Lipinski definition) is 0. The first-order valence-corrected chi connectivity index (χ1v) is 26.6. The number of hydrogen-bond donors (Lipinski definition) is 0. The fourth-order valence-electron chi connectivity index (χ4n) is 10.5. The van der Waals surface area contributed by atoms with Gasteiger partial charge in [-0.1, -0.05) is 169 Å². The molecule has 6 aromatic rings. The first-order valence-electron chi connectivity index (χ1n) is 22.7. The molecule has 0 saturated heterocycles. The third kappa shape index (κ3) is 10.3. The van der Waals surface area contributed by atoms with Gasteiger partial charge in [0.1, 0.15) is 0 Å². The topological polar surface area (TPSA) is 9.86 Å². The molecule has 2 nitrogen and oxygen atoms in total. The van der Waals surface area contributed by atoms with Gasteiger partial charge in [-0.05, 0) is 128 Å². The maximum atomic E-state index is 6.70. The van der Waals surface area contributed by atoms with Crippen LogP contribution in [0.5, 0.6) is 0 Å². The van der Waals surface area contributed by atoms with E-state index in [4.69, 9.17) is 11.2 Å². The Hall–Kier alpha value is -2.89. The number of halogens is 1. The standard InChI is InChI=1S/C26H32NP.C14H11N.C12H22ClP/c1-3-13-22(14-4-1)28(23-15-5-2-6-16-23)26-19-10-20-27(26)25-18-9-12-21-11-7-8-17-24(21)25;1-2-8-13-12(6-1)7-5-9-14(13)15-10-3-4-11-15;13-14(11-7-3-1-4-8-11)12-9-5-2-6-10-12/h7-12,17-20,22-23H,1-6,13-16H2;1-11H;11-12H,1-10H2. The van der Waals surface area contributed by atoms with Crippen LogP contribution in [0.15, 0.2) is 128 Å². The zero-order chi connectivity index (χ0) is 38.7. The molecule has 0 spiro atoms. The average Bonchev–Trinajstić information content (AvgIpc) is 4.02. The van der Waals surface area contributed by atoms with Crippen molar-refractivity contribution in [3.05, 3.63) is 128 Å². The molecule has 2 heterocycles. The van der Waals surface area contributed by atoms with E-state index in [9.17, 15) is 0 Å². The van der Waals surface area contributed by atoms with E-state index in [1.165, 1.54) is 161 Å². The summed E-state index contributed by atoms with van der Waals surface area (Å²) in [7, 11) is -0.237. The molecular formula is C52H65ClN2P2. The lowest BCUT2D eigenvalue weighted by molar-refractivity contribution is 0.486. The molecule has 2 aromatic heterocycles. The van der Waals surface area contributed by atoms with Gasteiger partial charge in [0.2, 0.25) is 0 Å². The van der Waals surface area contributed by atoms with E-state index in [0.29, 0.717) is 0 Å². The molecule has 4 saturated carbocycles. The minimum Gasteiger partial charge on any atom is -0.323 e. The van der Waals surface area contributed by atoms with Crippen molar-refractivity contribution in [2.45, 2.75) is 151 Å². The minimum absolute atomic E-state index is 0.0919. The van der Waals surface area contributed by atoms with E-state index in [2.05, 4.69) is 125 Å². The molecule has 0 radical (unpaired) electrons. The van der Waals surface area contributed by atoms with Gasteiger partial charge < -0.3 is 9.13 Å². The first-order chi connectivity index (χ1) is 28.2. The number of fused-ring (bicyclic) bond motifs is 2. The van der Waals surface area contributed by atoms with Crippen molar-refractivity contribution in [2.24, 2.45) is 0 Å². The quantitative estimate of drug-likeness (QED) is 0.142. The summed E-state index contributed by atoms with van der Waals surface area (Å²) in [6.07, 6.45) is 35.5. The Morgan fingerprint density at radius 3 is 1.32 bits per heavy atom. The largest absolute Gasteiger partial charge is 0.323 e. The number of nitrogens with zero attached hydrogens (tertiary/aromatic N) is 2. The molecule has 0 aliphatic heterocycles. The van der Waals surface area contributed by atoms with Gasteiger partial charge in [-0.15, -0.1) is 0 Å². The molecule has 300 valence electrons. The summed E-state index contributed by atoms with van der Waals surface area (Å²) < 4.78 is 4.71. The van der Waals surface area contributed by atoms with Gasteiger partial charge in [-0.2, -0.15) is 0 Å². The highest BCUT2D eigenvalue weighted by Crippen LogP contribution is 2.59. The Bertz CT molecular complexity index is 2030. The van der Waals surface area contributed by atoms with Gasteiger partial charge in [-0.3, -0.25) is 0 Å². The van der Waals surface area contributed by atoms with Crippen LogP contribution in [0.4, 0.5) is 0 Å². The van der Waals surface area contributed by atoms with E-state index >= 15 is 0 Å². The van der Waals surface area contributed by atoms with Crippen LogP contribution in [-0.2, 0) is 0 Å². The zero-order valence-electron chi connectivity index (χ0n) is 34.2. The number of aromatic nitrogens is 2. The summed E-state index contributed by atoms with van der Waals surface area (Å²) in [6, 6.07) is 39.3. The highest BCUT2D eigenvalue weighted by atomic mass is 35.7. The normalized spacial score (nSPS) is 19.0. The van der Waals surface area contributed by atoms with Crippen molar-refractivity contribution < 1.29 is 0 Å². The third-order valence-electron chi connectivity index (χ3n) is 13.5. The molecular weight excluding hydrogens is 750 g/mol. The molecule has 0 N–H and O–H groups in total. The predicted molar refractivity (Wildman–Crippen MR) is 253 cm³/mol. The number of benzene rings is 4. The van der Waals surface area contributed by atoms with Gasteiger partial charge in [-0.25, -0.2) is 0 Å². The molecule has 0 bridgehead atoms. The molecule has 4 aliphatic carbocycles. The lowest BCUT2D eigenvalue weighted by Gasteiger charge is -2.39. The van der Waals surface area contributed by atoms with E-state index in [0.717, 1.165) is 22.6 Å². The smallest absolute Gasteiger partial charge is 0.0534 e. The van der Waals surface area contributed by atoms with Crippen LogP contribution in [-0.4, -0.2) is 31.8 Å². The van der Waals surface area contributed by atoms with Gasteiger partial charge in [0.15, 0.2) is 0 Å². The van der Waals surface area contributed by atoms with E-state index in [1.54, 1.807) is 5.44 Å². The average molecular weight is 816 g/mol. The van der Waals surface area contributed by atoms with Crippen LogP contribution in [0.2, 0.25) is 0 Å². The molecule has 0 atom stereocenters. The van der Waals surface area contributed by atoms with Crippen molar-refractivity contribution in [3.63, 3.8) is 0 Å². The molecule has 4 fully saturated rings. The van der Waals surface area contributed by atoms with Crippen LogP contribution in [0.25, 0.3) is 32.9 Å². The lowest BCUT2D eigenvalue weighted by Crippen LogP contribution is -2.29. The van der Waals surface area contributed by atoms with Crippen molar-refractivity contribution in [2.75, 3.05) is 0 Å². The number of rotatable bonds is 7. The maximum absolute atomic E-state index is 6.70. The molecule has 0 unspecified atom stereocenters. The summed E-state index contributed by atoms with van der Waals surface area (Å²) >= 11 is 6.70. The highest BCUT2D eigenvalue weighted by Gasteiger charge is 2.34. The second-order valence-electron chi connectivity index (χ2n) is 17.2. The summed E-state index contributed by atoms with van der Waals surface area (Å²) in [4.78, 5) is 0. The Morgan fingerprint density at radius 2 is 0.807 bits per heavy atom. The fraction of sp³-hybridized carbons (Fsp3) is 0.462. The van der Waals surface area contributed by atoms with Crippen molar-refractivity contribution in [1.82, 2.24) is 9.13 Å². The zero-order valence-corrected chi connectivity index (χ0v) is 36.8. The van der Waals surface area contributed by atoms with Crippen molar-refractivity contribution >= 4 is 53.4 Å². The minimum atomic E-state index is -0.145. The molecule has 4 aliphatic rings. The van der Waals surface area contributed by atoms with E-state index < -0.39 is 0 Å². The Balaban J connectivity index is 0.000000132. The SMILES string of the molecule is ClP(C1CCCCC1)C1CCCCC1.c1ccc2c(-n3cccc3)cccc2c1.c1ccc2c(-n3cccc3P(C3CCCCC3)C3CCCCC3)cccc2c1. The lowest BCUT2D eigenvalue weighted by atomic mass is 9.99. The summed E-state index contributed by atoms with van der Waals surface area (Å²) in [5.74, 6) is 0. The summed E-state index contributed by atoms with van der Waals surface area (Å²) in [5, 5.41) is 5.30. The van der Waals surface area contributed by atoms with Gasteiger partial charge in [0.05, 0.1) is 11.4 Å². The highest BCUT2D eigenvalue weighted by molar-refractivity contribution is 7.85. The Labute approximate surface area is 351 Å². The van der Waals surface area contributed by atoms with Crippen molar-refractivity contribution in [1.29, 1.82) is 0 Å². The first kappa shape index (κ1) is 40.9. The van der Waals surface area contributed by atoms with E-state index in [1.807, 2.05) is 12.1 Å². The maximum Gasteiger partial charge on any atom is 0.0534 e. The van der Waals surface area contributed by atoms with Crippen molar-refractivity contribution in [3.8, 4) is 11.4 Å². The van der Waals surface area contributed by atoms with Gasteiger partial charge in [0.25, 0.3) is 0 Å². The molecule has 4 aromatic carbocycles. The molecule has 57 heavy (non-hydrogen) atoms. The fourth-order valence-corrected chi connectivity index (χ4v) is 17.8. The van der Waals surface area contributed by atoms with Crippen LogP contribution >= 0.6 is 26.4 Å². The summed E-state index contributed by atoms with van der Waals surface area (Å²) in [6.45, 7) is 0. The summed E-state index contributed by atoms with van der Waals surface area (Å²) in [5.41, 5.74) is 7.97. The molecule has 0 amide bonds. The van der Waals surface area contributed by atoms with Gasteiger partial charge >= 0.3 is 0 Å². The molecule has 5 heteroatoms. The van der Waals surface area contributed by atoms with Crippen LogP contribution < -0.4 is 5.44 Å². The van der Waals surface area contributed by atoms with Crippen LogP contribution in [0.1, 0.15) is 128 Å². The predicted octanol–water partition coefficient (Wildman–Crippen LogP) is 16.3. The second kappa shape index (κ2) is 20.9. The Kier molecular flexibility index (Phi) is 15.0. The van der Waals surface area contributed by atoms with Crippen LogP contribution in [0, 0.1) is 0 Å².